The number of carbonyl (C=O) groups excluding carboxylic acids is 2. The lowest BCUT2D eigenvalue weighted by Gasteiger charge is -2.09. The smallest absolute Gasteiger partial charge is 0.262 e. The summed E-state index contributed by atoms with van der Waals surface area (Å²) in [5, 5.41) is 5.96. The molecule has 120 valence electrons. The Morgan fingerprint density at radius 3 is 2.30 bits per heavy atom. The molecule has 2 aromatic carbocycles. The van der Waals surface area contributed by atoms with E-state index in [2.05, 4.69) is 10.6 Å². The largest absolute Gasteiger partial charge is 0.484 e. The minimum atomic E-state index is -0.282. The molecule has 0 saturated heterocycles. The molecule has 0 aliphatic rings. The van der Waals surface area contributed by atoms with E-state index < -0.39 is 0 Å². The zero-order valence-electron chi connectivity index (χ0n) is 12.9. The van der Waals surface area contributed by atoms with Gasteiger partial charge in [-0.3, -0.25) is 9.59 Å². The summed E-state index contributed by atoms with van der Waals surface area (Å²) < 4.78 is 5.40. The normalized spacial score (nSPS) is 10.0. The van der Waals surface area contributed by atoms with E-state index in [9.17, 15) is 9.59 Å². The third-order valence-corrected chi connectivity index (χ3v) is 3.41. The monoisotopic (exact) mass is 332 g/mol. The fourth-order valence-electron chi connectivity index (χ4n) is 1.85. The van der Waals surface area contributed by atoms with Crippen LogP contribution in [0.5, 0.6) is 5.75 Å². The van der Waals surface area contributed by atoms with Crippen molar-refractivity contribution in [2.75, 3.05) is 17.2 Å². The van der Waals surface area contributed by atoms with Gasteiger partial charge in [-0.15, -0.1) is 0 Å². The average Bonchev–Trinajstić information content (AvgIpc) is 2.50. The molecule has 0 atom stereocenters. The highest BCUT2D eigenvalue weighted by atomic mass is 35.5. The van der Waals surface area contributed by atoms with E-state index >= 15 is 0 Å². The Morgan fingerprint density at radius 1 is 1.04 bits per heavy atom. The van der Waals surface area contributed by atoms with Crippen molar-refractivity contribution in [1.82, 2.24) is 0 Å². The Bertz CT molecular complexity index is 714. The molecule has 0 unspecified atom stereocenters. The summed E-state index contributed by atoms with van der Waals surface area (Å²) >= 11 is 6.01. The molecule has 0 heterocycles. The van der Waals surface area contributed by atoms with Crippen molar-refractivity contribution in [3.05, 3.63) is 53.1 Å². The van der Waals surface area contributed by atoms with Gasteiger partial charge in [-0.05, 0) is 48.9 Å². The Labute approximate surface area is 139 Å². The molecular formula is C17H17ClN2O3. The van der Waals surface area contributed by atoms with E-state index in [0.29, 0.717) is 22.1 Å². The second-order valence-electron chi connectivity index (χ2n) is 5.01. The summed E-state index contributed by atoms with van der Waals surface area (Å²) in [7, 11) is 0. The number of carbonyl (C=O) groups is 2. The maximum Gasteiger partial charge on any atom is 0.262 e. The van der Waals surface area contributed by atoms with Crippen LogP contribution >= 0.6 is 11.6 Å². The zero-order valence-corrected chi connectivity index (χ0v) is 13.6. The number of benzene rings is 2. The molecule has 2 rings (SSSR count). The van der Waals surface area contributed by atoms with E-state index in [0.717, 1.165) is 5.56 Å². The standard InChI is InChI=1S/C17H17ClN2O3/c1-11-3-4-14(9-16(11)18)20-17(22)10-23-15-7-5-13(6-8-15)19-12(2)21/h3-9H,10H2,1-2H3,(H,19,21)(H,20,22). The predicted octanol–water partition coefficient (Wildman–Crippen LogP) is 3.62. The lowest BCUT2D eigenvalue weighted by atomic mass is 10.2. The van der Waals surface area contributed by atoms with Gasteiger partial charge in [-0.2, -0.15) is 0 Å². The number of rotatable bonds is 5. The molecule has 2 N–H and O–H groups in total. The minimum absolute atomic E-state index is 0.120. The molecular weight excluding hydrogens is 316 g/mol. The topological polar surface area (TPSA) is 67.4 Å². The van der Waals surface area contributed by atoms with Gasteiger partial charge in [0.15, 0.2) is 6.61 Å². The van der Waals surface area contributed by atoms with Crippen molar-refractivity contribution in [2.24, 2.45) is 0 Å². The van der Waals surface area contributed by atoms with Gasteiger partial charge in [-0.1, -0.05) is 17.7 Å². The van der Waals surface area contributed by atoms with Crippen molar-refractivity contribution in [3.63, 3.8) is 0 Å². The number of aryl methyl sites for hydroxylation is 1. The first kappa shape index (κ1) is 16.8. The molecule has 2 aromatic rings. The van der Waals surface area contributed by atoms with Crippen LogP contribution in [0.4, 0.5) is 11.4 Å². The van der Waals surface area contributed by atoms with Crippen LogP contribution in [0.3, 0.4) is 0 Å². The zero-order chi connectivity index (χ0) is 16.8. The average molecular weight is 333 g/mol. The molecule has 2 amide bonds. The number of ether oxygens (including phenoxy) is 1. The van der Waals surface area contributed by atoms with Crippen LogP contribution in [0.2, 0.25) is 5.02 Å². The summed E-state index contributed by atoms with van der Waals surface area (Å²) in [6.07, 6.45) is 0. The second-order valence-corrected chi connectivity index (χ2v) is 5.41. The van der Waals surface area contributed by atoms with E-state index in [-0.39, 0.29) is 18.4 Å². The van der Waals surface area contributed by atoms with E-state index in [4.69, 9.17) is 16.3 Å². The van der Waals surface area contributed by atoms with Crippen LogP contribution in [0.25, 0.3) is 0 Å². The third kappa shape index (κ3) is 5.30. The molecule has 5 nitrogen and oxygen atoms in total. The first-order valence-electron chi connectivity index (χ1n) is 7.00. The molecule has 0 aliphatic heterocycles. The van der Waals surface area contributed by atoms with Crippen LogP contribution < -0.4 is 15.4 Å². The molecule has 0 spiro atoms. The van der Waals surface area contributed by atoms with Crippen molar-refractivity contribution >= 4 is 34.8 Å². The quantitative estimate of drug-likeness (QED) is 0.878. The van der Waals surface area contributed by atoms with Crippen molar-refractivity contribution in [3.8, 4) is 5.75 Å². The van der Waals surface area contributed by atoms with E-state index in [1.807, 2.05) is 13.0 Å². The van der Waals surface area contributed by atoms with Crippen LogP contribution in [0, 0.1) is 6.92 Å². The first-order chi connectivity index (χ1) is 10.9. The summed E-state index contributed by atoms with van der Waals surface area (Å²) in [5.41, 5.74) is 2.24. The Morgan fingerprint density at radius 2 is 1.70 bits per heavy atom. The van der Waals surface area contributed by atoms with Crippen LogP contribution in [-0.2, 0) is 9.59 Å². The van der Waals surface area contributed by atoms with Gasteiger partial charge in [0, 0.05) is 23.3 Å². The first-order valence-corrected chi connectivity index (χ1v) is 7.38. The van der Waals surface area contributed by atoms with Gasteiger partial charge in [-0.25, -0.2) is 0 Å². The number of halogens is 1. The fraction of sp³-hybridized carbons (Fsp3) is 0.176. The number of hydrogen-bond acceptors (Lipinski definition) is 3. The molecule has 0 aromatic heterocycles. The van der Waals surface area contributed by atoms with Gasteiger partial charge >= 0.3 is 0 Å². The molecule has 0 radical (unpaired) electrons. The molecule has 6 heteroatoms. The van der Waals surface area contributed by atoms with Crippen molar-refractivity contribution in [2.45, 2.75) is 13.8 Å². The maximum atomic E-state index is 11.9. The van der Waals surface area contributed by atoms with Crippen molar-refractivity contribution < 1.29 is 14.3 Å². The Balaban J connectivity index is 1.86. The summed E-state index contributed by atoms with van der Waals surface area (Å²) in [6, 6.07) is 12.1. The maximum absolute atomic E-state index is 11.9. The SMILES string of the molecule is CC(=O)Nc1ccc(OCC(=O)Nc2ccc(C)c(Cl)c2)cc1. The van der Waals surface area contributed by atoms with Gasteiger partial charge in [0.05, 0.1) is 0 Å². The van der Waals surface area contributed by atoms with E-state index in [1.165, 1.54) is 6.92 Å². The molecule has 0 saturated carbocycles. The van der Waals surface area contributed by atoms with Gasteiger partial charge in [0.1, 0.15) is 5.75 Å². The minimum Gasteiger partial charge on any atom is -0.484 e. The summed E-state index contributed by atoms with van der Waals surface area (Å²) in [4.78, 5) is 22.8. The van der Waals surface area contributed by atoms with E-state index in [1.54, 1.807) is 36.4 Å². The van der Waals surface area contributed by atoms with Crippen LogP contribution in [-0.4, -0.2) is 18.4 Å². The highest BCUT2D eigenvalue weighted by molar-refractivity contribution is 6.31. The van der Waals surface area contributed by atoms with Gasteiger partial charge < -0.3 is 15.4 Å². The Hall–Kier alpha value is -2.53. The fourth-order valence-corrected chi connectivity index (χ4v) is 2.03. The number of nitrogens with one attached hydrogen (secondary N) is 2. The Kier molecular flexibility index (Phi) is 5.60. The van der Waals surface area contributed by atoms with Crippen LogP contribution in [0.15, 0.2) is 42.5 Å². The molecule has 23 heavy (non-hydrogen) atoms. The van der Waals surface area contributed by atoms with Crippen molar-refractivity contribution in [1.29, 1.82) is 0 Å². The number of amides is 2. The molecule has 0 fully saturated rings. The van der Waals surface area contributed by atoms with Gasteiger partial charge in [0.2, 0.25) is 5.91 Å². The molecule has 0 aliphatic carbocycles. The second kappa shape index (κ2) is 7.65. The lowest BCUT2D eigenvalue weighted by Crippen LogP contribution is -2.20. The highest BCUT2D eigenvalue weighted by Gasteiger charge is 2.05. The lowest BCUT2D eigenvalue weighted by molar-refractivity contribution is -0.118. The number of hydrogen-bond donors (Lipinski definition) is 2. The van der Waals surface area contributed by atoms with Gasteiger partial charge in [0.25, 0.3) is 5.91 Å². The highest BCUT2D eigenvalue weighted by Crippen LogP contribution is 2.20. The summed E-state index contributed by atoms with van der Waals surface area (Å²) in [5.74, 6) is 0.113. The molecule has 0 bridgehead atoms. The third-order valence-electron chi connectivity index (χ3n) is 3.00. The number of anilines is 2. The predicted molar refractivity (Wildman–Crippen MR) is 91.1 cm³/mol. The summed E-state index contributed by atoms with van der Waals surface area (Å²) in [6.45, 7) is 3.21. The van der Waals surface area contributed by atoms with Crippen LogP contribution in [0.1, 0.15) is 12.5 Å².